The molecule has 0 spiro atoms. The number of aryl methyl sites for hydroxylation is 1. The molecule has 18 heavy (non-hydrogen) atoms. The number of carbonyl (C=O) groups excluding carboxylic acids is 1. The van der Waals surface area contributed by atoms with Crippen LogP contribution in [0.3, 0.4) is 0 Å². The summed E-state index contributed by atoms with van der Waals surface area (Å²) >= 11 is 0. The summed E-state index contributed by atoms with van der Waals surface area (Å²) in [6, 6.07) is 1.87. The van der Waals surface area contributed by atoms with E-state index in [0.717, 1.165) is 25.2 Å². The minimum Gasteiger partial charge on any atom is -0.357 e. The fourth-order valence-electron chi connectivity index (χ4n) is 1.72. The lowest BCUT2D eigenvalue weighted by Gasteiger charge is -2.19. The Kier molecular flexibility index (Phi) is 5.68. The third-order valence-corrected chi connectivity index (χ3v) is 3.05. The summed E-state index contributed by atoms with van der Waals surface area (Å²) in [6.07, 6.45) is 3.81. The van der Waals surface area contributed by atoms with Crippen LogP contribution in [-0.2, 0) is 11.3 Å². The Hall–Kier alpha value is -1.52. The van der Waals surface area contributed by atoms with Crippen LogP contribution >= 0.6 is 0 Å². The van der Waals surface area contributed by atoms with E-state index in [1.807, 2.05) is 30.8 Å². The van der Waals surface area contributed by atoms with Gasteiger partial charge in [0.15, 0.2) is 0 Å². The third-order valence-electron chi connectivity index (χ3n) is 3.05. The zero-order valence-corrected chi connectivity index (χ0v) is 11.7. The van der Waals surface area contributed by atoms with E-state index < -0.39 is 0 Å². The smallest absolute Gasteiger partial charge is 0.242 e. The molecule has 0 saturated carbocycles. The summed E-state index contributed by atoms with van der Waals surface area (Å²) < 4.78 is 1.83. The molecule has 0 fully saturated rings. The van der Waals surface area contributed by atoms with Gasteiger partial charge in [0.2, 0.25) is 5.91 Å². The summed E-state index contributed by atoms with van der Waals surface area (Å²) in [5.41, 5.74) is 0. The van der Waals surface area contributed by atoms with Crippen LogP contribution in [0.25, 0.3) is 0 Å². The second kappa shape index (κ2) is 7.03. The van der Waals surface area contributed by atoms with E-state index in [2.05, 4.69) is 29.6 Å². The van der Waals surface area contributed by atoms with Gasteiger partial charge in [-0.15, -0.1) is 0 Å². The predicted octanol–water partition coefficient (Wildman–Crippen LogP) is 2.01. The van der Waals surface area contributed by atoms with E-state index in [-0.39, 0.29) is 18.0 Å². The molecule has 0 aliphatic heterocycles. The highest BCUT2D eigenvalue weighted by atomic mass is 16.2. The van der Waals surface area contributed by atoms with E-state index in [1.165, 1.54) is 0 Å². The van der Waals surface area contributed by atoms with Crippen molar-refractivity contribution in [3.8, 4) is 0 Å². The Morgan fingerprint density at radius 3 is 2.56 bits per heavy atom. The van der Waals surface area contributed by atoms with Crippen molar-refractivity contribution >= 4 is 11.7 Å². The summed E-state index contributed by atoms with van der Waals surface area (Å²) in [5, 5.41) is 10.4. The van der Waals surface area contributed by atoms with Gasteiger partial charge in [-0.1, -0.05) is 13.8 Å². The van der Waals surface area contributed by atoms with Crippen molar-refractivity contribution in [2.45, 2.75) is 59.2 Å². The van der Waals surface area contributed by atoms with Gasteiger partial charge in [0.25, 0.3) is 0 Å². The lowest BCUT2D eigenvalue weighted by molar-refractivity contribution is -0.122. The molecule has 5 heteroatoms. The molecule has 0 radical (unpaired) electrons. The van der Waals surface area contributed by atoms with Gasteiger partial charge >= 0.3 is 0 Å². The maximum Gasteiger partial charge on any atom is 0.242 e. The maximum atomic E-state index is 11.9. The molecular formula is C13H24N4O. The van der Waals surface area contributed by atoms with Crippen molar-refractivity contribution in [3.05, 3.63) is 12.3 Å². The molecule has 102 valence electrons. The Morgan fingerprint density at radius 1 is 1.39 bits per heavy atom. The van der Waals surface area contributed by atoms with Gasteiger partial charge < -0.3 is 10.6 Å². The molecule has 0 aromatic carbocycles. The van der Waals surface area contributed by atoms with Crippen LogP contribution in [0, 0.1) is 0 Å². The highest BCUT2D eigenvalue weighted by Crippen LogP contribution is 2.05. The summed E-state index contributed by atoms with van der Waals surface area (Å²) in [6.45, 7) is 8.86. The van der Waals surface area contributed by atoms with Crippen molar-refractivity contribution < 1.29 is 4.79 Å². The lowest BCUT2D eigenvalue weighted by Crippen LogP contribution is -2.42. The number of hydrogen-bond donors (Lipinski definition) is 2. The Labute approximate surface area is 109 Å². The monoisotopic (exact) mass is 252 g/mol. The second-order valence-corrected chi connectivity index (χ2v) is 4.44. The van der Waals surface area contributed by atoms with Crippen molar-refractivity contribution in [3.63, 3.8) is 0 Å². The van der Waals surface area contributed by atoms with Crippen molar-refractivity contribution in [2.24, 2.45) is 0 Å². The van der Waals surface area contributed by atoms with Crippen LogP contribution in [0.15, 0.2) is 12.3 Å². The van der Waals surface area contributed by atoms with Gasteiger partial charge in [-0.25, -0.2) is 0 Å². The Morgan fingerprint density at radius 2 is 2.06 bits per heavy atom. The zero-order chi connectivity index (χ0) is 13.5. The van der Waals surface area contributed by atoms with Gasteiger partial charge in [0, 0.05) is 24.8 Å². The van der Waals surface area contributed by atoms with Gasteiger partial charge in [-0.2, -0.15) is 5.10 Å². The first-order chi connectivity index (χ1) is 8.60. The molecule has 0 aliphatic rings. The minimum atomic E-state index is -0.272. The lowest BCUT2D eigenvalue weighted by atomic mass is 10.1. The predicted molar refractivity (Wildman–Crippen MR) is 73.5 cm³/mol. The quantitative estimate of drug-likeness (QED) is 0.780. The van der Waals surface area contributed by atoms with E-state index in [1.54, 1.807) is 0 Å². The van der Waals surface area contributed by atoms with Gasteiger partial charge in [0.05, 0.1) is 0 Å². The van der Waals surface area contributed by atoms with Crippen LogP contribution in [-0.4, -0.2) is 27.8 Å². The average Bonchev–Trinajstić information content (AvgIpc) is 2.83. The van der Waals surface area contributed by atoms with Crippen LogP contribution in [0.5, 0.6) is 0 Å². The van der Waals surface area contributed by atoms with E-state index in [4.69, 9.17) is 0 Å². The van der Waals surface area contributed by atoms with Gasteiger partial charge in [0.1, 0.15) is 11.9 Å². The first-order valence-corrected chi connectivity index (χ1v) is 6.71. The first kappa shape index (κ1) is 14.5. The van der Waals surface area contributed by atoms with Crippen LogP contribution in [0.1, 0.15) is 40.5 Å². The topological polar surface area (TPSA) is 59.0 Å². The highest BCUT2D eigenvalue weighted by Gasteiger charge is 2.16. The molecule has 2 N–H and O–H groups in total. The zero-order valence-electron chi connectivity index (χ0n) is 11.7. The molecule has 1 unspecified atom stereocenters. The SMILES string of the molecule is CCC(CC)NC(=O)C(C)Nc1ccn(CC)n1. The normalized spacial score (nSPS) is 12.5. The molecule has 1 aromatic heterocycles. The number of carbonyl (C=O) groups is 1. The highest BCUT2D eigenvalue weighted by molar-refractivity contribution is 5.84. The molecule has 5 nitrogen and oxygen atoms in total. The molecule has 1 heterocycles. The third kappa shape index (κ3) is 4.05. The van der Waals surface area contributed by atoms with Gasteiger partial charge in [-0.05, 0) is 26.7 Å². The van der Waals surface area contributed by atoms with Crippen molar-refractivity contribution in [1.82, 2.24) is 15.1 Å². The number of amides is 1. The largest absolute Gasteiger partial charge is 0.357 e. The molecule has 0 aliphatic carbocycles. The summed E-state index contributed by atoms with van der Waals surface area (Å²) in [5.74, 6) is 0.763. The molecule has 1 rings (SSSR count). The molecule has 1 aromatic rings. The number of hydrogen-bond acceptors (Lipinski definition) is 3. The van der Waals surface area contributed by atoms with E-state index >= 15 is 0 Å². The summed E-state index contributed by atoms with van der Waals surface area (Å²) in [7, 11) is 0. The van der Waals surface area contributed by atoms with Crippen molar-refractivity contribution in [2.75, 3.05) is 5.32 Å². The van der Waals surface area contributed by atoms with Crippen molar-refractivity contribution in [1.29, 1.82) is 0 Å². The Balaban J connectivity index is 2.48. The van der Waals surface area contributed by atoms with Gasteiger partial charge in [-0.3, -0.25) is 9.48 Å². The van der Waals surface area contributed by atoms with Crippen LogP contribution < -0.4 is 10.6 Å². The second-order valence-electron chi connectivity index (χ2n) is 4.44. The number of nitrogens with zero attached hydrogens (tertiary/aromatic N) is 2. The summed E-state index contributed by atoms with van der Waals surface area (Å²) in [4.78, 5) is 11.9. The number of aromatic nitrogens is 2. The number of rotatable bonds is 7. The number of anilines is 1. The molecule has 1 amide bonds. The fraction of sp³-hybridized carbons (Fsp3) is 0.692. The molecule has 0 saturated heterocycles. The van der Waals surface area contributed by atoms with Crippen LogP contribution in [0.2, 0.25) is 0 Å². The minimum absolute atomic E-state index is 0.0229. The molecular weight excluding hydrogens is 228 g/mol. The van der Waals surface area contributed by atoms with E-state index in [9.17, 15) is 4.79 Å². The maximum absolute atomic E-state index is 11.9. The standard InChI is InChI=1S/C13H24N4O/c1-5-11(6-2)15-13(18)10(4)14-12-8-9-17(7-3)16-12/h8-11H,5-7H2,1-4H3,(H,14,16)(H,15,18). The molecule has 1 atom stereocenters. The number of nitrogens with one attached hydrogen (secondary N) is 2. The average molecular weight is 252 g/mol. The fourth-order valence-corrected chi connectivity index (χ4v) is 1.72. The van der Waals surface area contributed by atoms with E-state index in [0.29, 0.717) is 0 Å². The molecule has 0 bridgehead atoms. The Bertz CT molecular complexity index is 371. The first-order valence-electron chi connectivity index (χ1n) is 6.71. The van der Waals surface area contributed by atoms with Crippen LogP contribution in [0.4, 0.5) is 5.82 Å².